The predicted octanol–water partition coefficient (Wildman–Crippen LogP) is 3.56. The number of benzene rings is 2. The van der Waals surface area contributed by atoms with Crippen molar-refractivity contribution in [3.8, 4) is 5.75 Å². The van der Waals surface area contributed by atoms with Gasteiger partial charge in [-0.25, -0.2) is 4.98 Å². The number of nitrogen functional groups attached to an aromatic ring is 1. The molecule has 3 N–H and O–H groups in total. The van der Waals surface area contributed by atoms with Gasteiger partial charge in [-0.15, -0.1) is 0 Å². The van der Waals surface area contributed by atoms with Crippen LogP contribution in [0.25, 0.3) is 0 Å². The van der Waals surface area contributed by atoms with Crippen LogP contribution in [0.1, 0.15) is 35.6 Å². The number of rotatable bonds is 5. The van der Waals surface area contributed by atoms with E-state index in [1.54, 1.807) is 30.3 Å². The maximum absolute atomic E-state index is 14.1. The Morgan fingerprint density at radius 2 is 1.94 bits per heavy atom. The number of fused-ring (bicyclic) bond motifs is 2. The Balaban J connectivity index is 1.51. The van der Waals surface area contributed by atoms with Crippen LogP contribution in [0.3, 0.4) is 0 Å². The number of nitrogens with one attached hydrogen (secondary N) is 1. The van der Waals surface area contributed by atoms with Crippen molar-refractivity contribution in [1.82, 2.24) is 10.3 Å². The number of pyridine rings is 1. The summed E-state index contributed by atoms with van der Waals surface area (Å²) in [5.41, 5.74) is 9.17. The highest BCUT2D eigenvalue weighted by Gasteiger charge is 2.48. The van der Waals surface area contributed by atoms with E-state index in [0.29, 0.717) is 18.1 Å². The average molecular weight is 445 g/mol. The van der Waals surface area contributed by atoms with Gasteiger partial charge in [0.25, 0.3) is 5.91 Å². The lowest BCUT2D eigenvalue weighted by atomic mass is 9.84. The van der Waals surface area contributed by atoms with Gasteiger partial charge in [0.05, 0.1) is 19.3 Å². The molecule has 7 heteroatoms. The fraction of sp³-hybridized carbons (Fsp3) is 0.308. The minimum atomic E-state index is -0.694. The monoisotopic (exact) mass is 444 g/mol. The predicted molar refractivity (Wildman–Crippen MR) is 127 cm³/mol. The highest BCUT2D eigenvalue weighted by Crippen LogP contribution is 2.49. The highest BCUT2D eigenvalue weighted by atomic mass is 16.5. The average Bonchev–Trinajstić information content (AvgIpc) is 3.17. The molecule has 1 spiro atoms. The van der Waals surface area contributed by atoms with Crippen LogP contribution in [0, 0.1) is 0 Å². The van der Waals surface area contributed by atoms with Gasteiger partial charge in [0.2, 0.25) is 0 Å². The number of piperidine rings is 1. The zero-order chi connectivity index (χ0) is 22.8. The van der Waals surface area contributed by atoms with Gasteiger partial charge in [-0.1, -0.05) is 36.4 Å². The van der Waals surface area contributed by atoms with E-state index in [1.165, 1.54) is 0 Å². The number of aromatic nitrogens is 1. The van der Waals surface area contributed by atoms with E-state index < -0.39 is 11.7 Å². The van der Waals surface area contributed by atoms with E-state index in [1.807, 2.05) is 42.5 Å². The van der Waals surface area contributed by atoms with Crippen LogP contribution >= 0.6 is 0 Å². The third-order valence-corrected chi connectivity index (χ3v) is 6.52. The minimum Gasteiger partial charge on any atom is -0.497 e. The summed E-state index contributed by atoms with van der Waals surface area (Å²) in [6, 6.07) is 19.2. The van der Waals surface area contributed by atoms with E-state index in [9.17, 15) is 4.79 Å². The van der Waals surface area contributed by atoms with Crippen LogP contribution in [0.2, 0.25) is 0 Å². The summed E-state index contributed by atoms with van der Waals surface area (Å²) in [7, 11) is 1.63. The summed E-state index contributed by atoms with van der Waals surface area (Å²) in [4.78, 5) is 20.2. The van der Waals surface area contributed by atoms with Gasteiger partial charge in [-0.3, -0.25) is 9.69 Å². The molecular weight excluding hydrogens is 416 g/mol. The number of anilines is 2. The molecule has 0 radical (unpaired) electrons. The smallest absolute Gasteiger partial charge is 0.262 e. The van der Waals surface area contributed by atoms with Gasteiger partial charge in [0, 0.05) is 18.0 Å². The molecule has 1 aromatic heterocycles. The number of carbonyl (C=O) groups excluding carboxylic acids is 1. The van der Waals surface area contributed by atoms with Crippen molar-refractivity contribution >= 4 is 17.4 Å². The molecule has 2 aliphatic heterocycles. The Morgan fingerprint density at radius 1 is 1.18 bits per heavy atom. The second-order valence-electron chi connectivity index (χ2n) is 8.55. The molecule has 33 heavy (non-hydrogen) atoms. The number of hydrogen-bond donors (Lipinski definition) is 2. The fourth-order valence-corrected chi connectivity index (χ4v) is 4.80. The van der Waals surface area contributed by atoms with E-state index in [-0.39, 0.29) is 5.91 Å². The van der Waals surface area contributed by atoms with Gasteiger partial charge in [-0.05, 0) is 60.8 Å². The van der Waals surface area contributed by atoms with Crippen molar-refractivity contribution in [2.75, 3.05) is 30.8 Å². The standard InChI is InChI=1S/C26H28N4O3/c1-32-20-8-6-18(7-9-20)17-30(23-16-19(27)10-13-29-23)25(31)24-21-4-2-3-5-22(21)26(33-24)11-14-28-15-12-26/h2-10,13,16,24,28H,11-12,14-15,17H2,1H3,(H2,27,29). The maximum Gasteiger partial charge on any atom is 0.262 e. The van der Waals surface area contributed by atoms with E-state index in [2.05, 4.69) is 16.4 Å². The first-order valence-corrected chi connectivity index (χ1v) is 11.2. The summed E-state index contributed by atoms with van der Waals surface area (Å²) in [5, 5.41) is 3.40. The Kier molecular flexibility index (Phi) is 5.74. The van der Waals surface area contributed by atoms with Gasteiger partial charge in [0.1, 0.15) is 11.6 Å². The Labute approximate surface area is 193 Å². The van der Waals surface area contributed by atoms with Crippen molar-refractivity contribution in [2.24, 2.45) is 0 Å². The first-order valence-electron chi connectivity index (χ1n) is 11.2. The zero-order valence-electron chi connectivity index (χ0n) is 18.7. The second-order valence-corrected chi connectivity index (χ2v) is 8.55. The van der Waals surface area contributed by atoms with E-state index >= 15 is 0 Å². The van der Waals surface area contributed by atoms with E-state index in [0.717, 1.165) is 48.4 Å². The lowest BCUT2D eigenvalue weighted by molar-refractivity contribution is -0.145. The summed E-state index contributed by atoms with van der Waals surface area (Å²) in [6.45, 7) is 2.07. The molecule has 0 aliphatic carbocycles. The Bertz CT molecular complexity index is 1140. The SMILES string of the molecule is COc1ccc(CN(C(=O)C2OC3(CCNCC3)c3ccccc32)c2cc(N)ccn2)cc1. The van der Waals surface area contributed by atoms with Crippen LogP contribution in [-0.4, -0.2) is 31.1 Å². The normalized spacial score (nSPS) is 18.6. The first kappa shape index (κ1) is 21.4. The molecule has 1 atom stereocenters. The van der Waals surface area contributed by atoms with Gasteiger partial charge < -0.3 is 20.5 Å². The minimum absolute atomic E-state index is 0.147. The third kappa shape index (κ3) is 4.05. The number of hydrogen-bond acceptors (Lipinski definition) is 6. The van der Waals surface area contributed by atoms with Crippen molar-refractivity contribution in [1.29, 1.82) is 0 Å². The number of nitrogens with zero attached hydrogens (tertiary/aromatic N) is 2. The molecule has 170 valence electrons. The maximum atomic E-state index is 14.1. The Hall–Kier alpha value is -3.42. The molecule has 2 aromatic carbocycles. The highest BCUT2D eigenvalue weighted by molar-refractivity contribution is 5.97. The zero-order valence-corrected chi connectivity index (χ0v) is 18.7. The molecule has 1 amide bonds. The van der Waals surface area contributed by atoms with Gasteiger partial charge in [0.15, 0.2) is 6.10 Å². The molecule has 0 bridgehead atoms. The molecule has 5 rings (SSSR count). The molecule has 1 unspecified atom stereocenters. The number of ether oxygens (including phenoxy) is 2. The van der Waals surface area contributed by atoms with Crippen molar-refractivity contribution < 1.29 is 14.3 Å². The molecule has 3 aromatic rings. The van der Waals surface area contributed by atoms with Crippen molar-refractivity contribution in [3.05, 3.63) is 83.6 Å². The molecule has 2 aliphatic rings. The molecule has 1 saturated heterocycles. The lowest BCUT2D eigenvalue weighted by Gasteiger charge is -2.35. The molecule has 0 saturated carbocycles. The second kappa shape index (κ2) is 8.84. The lowest BCUT2D eigenvalue weighted by Crippen LogP contribution is -2.41. The Morgan fingerprint density at radius 3 is 2.67 bits per heavy atom. The van der Waals surface area contributed by atoms with Gasteiger partial charge in [-0.2, -0.15) is 0 Å². The van der Waals surface area contributed by atoms with Crippen molar-refractivity contribution in [2.45, 2.75) is 31.1 Å². The summed E-state index contributed by atoms with van der Waals surface area (Å²) < 4.78 is 11.9. The van der Waals surface area contributed by atoms with Crippen LogP contribution in [0.15, 0.2) is 66.9 Å². The number of nitrogens with two attached hydrogens (primary N) is 1. The molecular formula is C26H28N4O3. The van der Waals surface area contributed by atoms with Crippen LogP contribution in [-0.2, 0) is 21.7 Å². The molecule has 3 heterocycles. The largest absolute Gasteiger partial charge is 0.497 e. The number of methoxy groups -OCH3 is 1. The van der Waals surface area contributed by atoms with Crippen LogP contribution in [0.4, 0.5) is 11.5 Å². The number of amides is 1. The molecule has 7 nitrogen and oxygen atoms in total. The van der Waals surface area contributed by atoms with Crippen molar-refractivity contribution in [3.63, 3.8) is 0 Å². The summed E-state index contributed by atoms with van der Waals surface area (Å²) >= 11 is 0. The quantitative estimate of drug-likeness (QED) is 0.626. The number of carbonyl (C=O) groups is 1. The van der Waals surface area contributed by atoms with Crippen LogP contribution < -0.4 is 20.7 Å². The third-order valence-electron chi connectivity index (χ3n) is 6.52. The topological polar surface area (TPSA) is 89.7 Å². The van der Waals surface area contributed by atoms with E-state index in [4.69, 9.17) is 15.2 Å². The molecule has 1 fully saturated rings. The van der Waals surface area contributed by atoms with Crippen LogP contribution in [0.5, 0.6) is 5.75 Å². The fourth-order valence-electron chi connectivity index (χ4n) is 4.80. The summed E-state index contributed by atoms with van der Waals surface area (Å²) in [5.74, 6) is 1.12. The van der Waals surface area contributed by atoms with Gasteiger partial charge >= 0.3 is 0 Å². The summed E-state index contributed by atoms with van der Waals surface area (Å²) in [6.07, 6.45) is 2.60. The first-order chi connectivity index (χ1) is 16.1.